The molecule has 0 fully saturated rings. The zero-order valence-corrected chi connectivity index (χ0v) is 17.0. The minimum Gasteiger partial charge on any atom is -0.370 e. The second kappa shape index (κ2) is 11.9. The topological polar surface area (TPSA) is 16.1 Å². The summed E-state index contributed by atoms with van der Waals surface area (Å²) in [5, 5.41) is 0.803. The molecular weight excluding hydrogens is 328 g/mol. The van der Waals surface area contributed by atoms with E-state index in [1.165, 1.54) is 18.4 Å². The Bertz CT molecular complexity index is 573. The van der Waals surface area contributed by atoms with Gasteiger partial charge in [0.05, 0.1) is 10.7 Å². The molecule has 25 heavy (non-hydrogen) atoms. The molecule has 138 valence electrons. The largest absolute Gasteiger partial charge is 0.370 e. The van der Waals surface area contributed by atoms with Crippen molar-refractivity contribution >= 4 is 11.6 Å². The highest BCUT2D eigenvalue weighted by Crippen LogP contribution is 2.27. The minimum atomic E-state index is 0.724. The van der Waals surface area contributed by atoms with Gasteiger partial charge >= 0.3 is 0 Å². The van der Waals surface area contributed by atoms with E-state index in [1.807, 2.05) is 31.3 Å². The third-order valence-corrected chi connectivity index (χ3v) is 4.56. The summed E-state index contributed by atoms with van der Waals surface area (Å²) in [6, 6.07) is 4.07. The Morgan fingerprint density at radius 2 is 2.12 bits per heavy atom. The van der Waals surface area contributed by atoms with Crippen LogP contribution in [0.4, 0.5) is 0 Å². The number of nitrogens with zero attached hydrogens (tertiary/aromatic N) is 2. The molecule has 0 unspecified atom stereocenters. The zero-order valence-electron chi connectivity index (χ0n) is 16.3. The van der Waals surface area contributed by atoms with E-state index < -0.39 is 0 Å². The fraction of sp³-hybridized carbons (Fsp3) is 0.500. The number of hydrogen-bond donors (Lipinski definition) is 0. The van der Waals surface area contributed by atoms with Crippen molar-refractivity contribution in [3.8, 4) is 0 Å². The third kappa shape index (κ3) is 7.48. The van der Waals surface area contributed by atoms with Gasteiger partial charge < -0.3 is 4.90 Å². The average Bonchev–Trinajstić information content (AvgIpc) is 2.61. The number of aromatic nitrogens is 1. The summed E-state index contributed by atoms with van der Waals surface area (Å²) in [6.07, 6.45) is 11.9. The Hall–Kier alpha value is -1.54. The molecular formula is C22H33ClN2. The van der Waals surface area contributed by atoms with E-state index in [1.54, 1.807) is 6.20 Å². The SMILES string of the molecule is C=C/C(Cc1cccnc1)=C(\C(Cl)=C/C)N(CCC)CCCC(C)C. The lowest BCUT2D eigenvalue weighted by Crippen LogP contribution is -2.27. The molecule has 0 aliphatic heterocycles. The van der Waals surface area contributed by atoms with Crippen LogP contribution in [0.15, 0.2) is 59.6 Å². The molecule has 0 N–H and O–H groups in total. The molecule has 3 heteroatoms. The van der Waals surface area contributed by atoms with Crippen LogP contribution in [0.25, 0.3) is 0 Å². The van der Waals surface area contributed by atoms with Crippen molar-refractivity contribution in [2.75, 3.05) is 13.1 Å². The van der Waals surface area contributed by atoms with E-state index in [-0.39, 0.29) is 0 Å². The van der Waals surface area contributed by atoms with Gasteiger partial charge in [0.15, 0.2) is 0 Å². The molecule has 1 aromatic rings. The van der Waals surface area contributed by atoms with Crippen molar-refractivity contribution in [3.05, 3.63) is 65.1 Å². The summed E-state index contributed by atoms with van der Waals surface area (Å²) in [5.41, 5.74) is 3.46. The first-order valence-corrected chi connectivity index (χ1v) is 9.72. The van der Waals surface area contributed by atoms with Gasteiger partial charge in [-0.1, -0.05) is 57.2 Å². The second-order valence-corrected chi connectivity index (χ2v) is 7.18. The fourth-order valence-electron chi connectivity index (χ4n) is 2.92. The van der Waals surface area contributed by atoms with E-state index in [9.17, 15) is 0 Å². The monoisotopic (exact) mass is 360 g/mol. The van der Waals surface area contributed by atoms with Crippen molar-refractivity contribution in [2.45, 2.75) is 53.4 Å². The quantitative estimate of drug-likeness (QED) is 0.427. The summed E-state index contributed by atoms with van der Waals surface area (Å²) in [7, 11) is 0. The van der Waals surface area contributed by atoms with Crippen LogP contribution in [-0.2, 0) is 6.42 Å². The highest BCUT2D eigenvalue weighted by atomic mass is 35.5. The van der Waals surface area contributed by atoms with Gasteiger partial charge in [0.25, 0.3) is 0 Å². The van der Waals surface area contributed by atoms with E-state index >= 15 is 0 Å². The van der Waals surface area contributed by atoms with Gasteiger partial charge in [-0.15, -0.1) is 0 Å². The molecule has 0 spiro atoms. The maximum atomic E-state index is 6.64. The van der Waals surface area contributed by atoms with Gasteiger partial charge in [0.2, 0.25) is 0 Å². The number of pyridine rings is 1. The molecule has 0 bridgehead atoms. The standard InChI is InChI=1S/C22H33ClN2/c1-6-14-25(15-10-11-18(4)5)22(21(23)8-3)20(7-2)16-19-12-9-13-24-17-19/h7-9,12-13,17-18H,2,6,10-11,14-16H2,1,3-5H3/b21-8+,22-20-. The first kappa shape index (κ1) is 21.5. The summed E-state index contributed by atoms with van der Waals surface area (Å²) in [4.78, 5) is 6.66. The summed E-state index contributed by atoms with van der Waals surface area (Å²) >= 11 is 6.64. The predicted octanol–water partition coefficient (Wildman–Crippen LogP) is 6.36. The van der Waals surface area contributed by atoms with E-state index in [0.717, 1.165) is 48.2 Å². The molecule has 1 rings (SSSR count). The number of rotatable bonds is 11. The molecule has 0 radical (unpaired) electrons. The molecule has 0 saturated carbocycles. The first-order valence-electron chi connectivity index (χ1n) is 9.35. The highest BCUT2D eigenvalue weighted by Gasteiger charge is 2.16. The summed E-state index contributed by atoms with van der Waals surface area (Å²) < 4.78 is 0. The average molecular weight is 361 g/mol. The lowest BCUT2D eigenvalue weighted by Gasteiger charge is -2.29. The maximum Gasteiger partial charge on any atom is 0.0599 e. The molecule has 0 amide bonds. The van der Waals surface area contributed by atoms with Crippen molar-refractivity contribution in [3.63, 3.8) is 0 Å². The maximum absolute atomic E-state index is 6.64. The van der Waals surface area contributed by atoms with Gasteiger partial charge in [0, 0.05) is 31.9 Å². The highest BCUT2D eigenvalue weighted by molar-refractivity contribution is 6.32. The van der Waals surface area contributed by atoms with Crippen LogP contribution in [0.2, 0.25) is 0 Å². The molecule has 0 aliphatic rings. The van der Waals surface area contributed by atoms with Crippen LogP contribution in [0.1, 0.15) is 52.5 Å². The lowest BCUT2D eigenvalue weighted by molar-refractivity contribution is 0.331. The van der Waals surface area contributed by atoms with Gasteiger partial charge in [-0.05, 0) is 49.3 Å². The van der Waals surface area contributed by atoms with Crippen molar-refractivity contribution in [1.82, 2.24) is 9.88 Å². The number of halogens is 1. The van der Waals surface area contributed by atoms with Gasteiger partial charge in [-0.2, -0.15) is 0 Å². The fourth-order valence-corrected chi connectivity index (χ4v) is 3.16. The molecule has 0 saturated heterocycles. The molecule has 1 heterocycles. The van der Waals surface area contributed by atoms with Crippen LogP contribution in [-0.4, -0.2) is 23.0 Å². The van der Waals surface area contributed by atoms with Gasteiger partial charge in [0.1, 0.15) is 0 Å². The zero-order chi connectivity index (χ0) is 18.7. The molecule has 1 aromatic heterocycles. The number of hydrogen-bond acceptors (Lipinski definition) is 2. The van der Waals surface area contributed by atoms with Crippen LogP contribution >= 0.6 is 11.6 Å². The van der Waals surface area contributed by atoms with E-state index in [2.05, 4.69) is 43.3 Å². The van der Waals surface area contributed by atoms with Crippen LogP contribution < -0.4 is 0 Å². The van der Waals surface area contributed by atoms with Crippen molar-refractivity contribution < 1.29 is 0 Å². The minimum absolute atomic E-state index is 0.724. The van der Waals surface area contributed by atoms with E-state index in [0.29, 0.717) is 0 Å². The molecule has 0 atom stereocenters. The number of allylic oxidation sites excluding steroid dienone is 4. The second-order valence-electron chi connectivity index (χ2n) is 6.78. The van der Waals surface area contributed by atoms with Crippen LogP contribution in [0.5, 0.6) is 0 Å². The van der Waals surface area contributed by atoms with Crippen LogP contribution in [0.3, 0.4) is 0 Å². The molecule has 2 nitrogen and oxygen atoms in total. The lowest BCUT2D eigenvalue weighted by atomic mass is 10.0. The molecule has 0 aromatic carbocycles. The van der Waals surface area contributed by atoms with Crippen molar-refractivity contribution in [2.24, 2.45) is 5.92 Å². The normalized spacial score (nSPS) is 13.0. The predicted molar refractivity (Wildman–Crippen MR) is 111 cm³/mol. The Kier molecular flexibility index (Phi) is 10.3. The van der Waals surface area contributed by atoms with Gasteiger partial charge in [-0.3, -0.25) is 4.98 Å². The summed E-state index contributed by atoms with van der Waals surface area (Å²) in [6.45, 7) is 14.8. The smallest absolute Gasteiger partial charge is 0.0599 e. The Labute approximate surface area is 159 Å². The van der Waals surface area contributed by atoms with E-state index in [4.69, 9.17) is 11.6 Å². The Balaban J connectivity index is 3.17. The van der Waals surface area contributed by atoms with Crippen molar-refractivity contribution in [1.29, 1.82) is 0 Å². The summed E-state index contributed by atoms with van der Waals surface area (Å²) in [5.74, 6) is 0.724. The Morgan fingerprint density at radius 3 is 2.64 bits per heavy atom. The van der Waals surface area contributed by atoms with Gasteiger partial charge in [-0.25, -0.2) is 0 Å². The third-order valence-electron chi connectivity index (χ3n) is 4.17. The molecule has 0 aliphatic carbocycles. The Morgan fingerprint density at radius 1 is 1.36 bits per heavy atom. The van der Waals surface area contributed by atoms with Crippen LogP contribution in [0, 0.1) is 5.92 Å². The first-order chi connectivity index (χ1) is 12.0.